The van der Waals surface area contributed by atoms with Gasteiger partial charge in [-0.2, -0.15) is 0 Å². The summed E-state index contributed by atoms with van der Waals surface area (Å²) in [5.41, 5.74) is 7.82. The van der Waals surface area contributed by atoms with E-state index in [0.29, 0.717) is 6.61 Å². The van der Waals surface area contributed by atoms with Gasteiger partial charge in [0.2, 0.25) is 0 Å². The molecule has 1 heterocycles. The molecule has 1 saturated heterocycles. The minimum absolute atomic E-state index is 0.118. The summed E-state index contributed by atoms with van der Waals surface area (Å²) in [6.07, 6.45) is 3.75. The third-order valence-electron chi connectivity index (χ3n) is 5.11. The molecule has 19 heavy (non-hydrogen) atoms. The van der Waals surface area contributed by atoms with Crippen molar-refractivity contribution in [1.82, 2.24) is 0 Å². The molecule has 0 spiro atoms. The summed E-state index contributed by atoms with van der Waals surface area (Å²) < 4.78 is 11.2. The molecule has 0 radical (unpaired) electrons. The summed E-state index contributed by atoms with van der Waals surface area (Å²) in [6.45, 7) is 5.09. The van der Waals surface area contributed by atoms with E-state index in [1.165, 1.54) is 24.8 Å². The molecule has 1 saturated carbocycles. The minimum Gasteiger partial charge on any atom is -0.494 e. The van der Waals surface area contributed by atoms with Gasteiger partial charge in [0.15, 0.2) is 0 Å². The Labute approximate surface area is 115 Å². The summed E-state index contributed by atoms with van der Waals surface area (Å²) >= 11 is 0. The zero-order valence-corrected chi connectivity index (χ0v) is 11.7. The van der Waals surface area contributed by atoms with Gasteiger partial charge in [0, 0.05) is 5.41 Å². The topological polar surface area (TPSA) is 44.5 Å². The van der Waals surface area contributed by atoms with Crippen LogP contribution in [0.3, 0.4) is 0 Å². The summed E-state index contributed by atoms with van der Waals surface area (Å²) in [5.74, 6) is 0.956. The molecule has 1 aliphatic carbocycles. The van der Waals surface area contributed by atoms with Crippen LogP contribution in [0.25, 0.3) is 0 Å². The summed E-state index contributed by atoms with van der Waals surface area (Å²) in [4.78, 5) is 0. The van der Waals surface area contributed by atoms with Crippen LogP contribution in [0.1, 0.15) is 31.7 Å². The number of ether oxygens (including phenoxy) is 2. The van der Waals surface area contributed by atoms with Gasteiger partial charge < -0.3 is 15.2 Å². The van der Waals surface area contributed by atoms with Gasteiger partial charge in [-0.15, -0.1) is 0 Å². The molecule has 1 aromatic carbocycles. The first-order chi connectivity index (χ1) is 9.26. The Balaban J connectivity index is 1.95. The predicted octanol–water partition coefficient (Wildman–Crippen LogP) is 2.48. The lowest BCUT2D eigenvalue weighted by Crippen LogP contribution is -2.64. The largest absolute Gasteiger partial charge is 0.494 e. The average Bonchev–Trinajstić information content (AvgIpc) is 2.32. The molecule has 0 unspecified atom stereocenters. The van der Waals surface area contributed by atoms with E-state index in [9.17, 15) is 0 Å². The van der Waals surface area contributed by atoms with Crippen LogP contribution in [0, 0.1) is 5.41 Å². The second-order valence-electron chi connectivity index (χ2n) is 5.87. The van der Waals surface area contributed by atoms with Crippen molar-refractivity contribution in [2.75, 3.05) is 26.4 Å². The molecule has 3 nitrogen and oxygen atoms in total. The fourth-order valence-electron chi connectivity index (χ4n) is 3.62. The molecule has 0 aromatic heterocycles. The van der Waals surface area contributed by atoms with E-state index >= 15 is 0 Å². The smallest absolute Gasteiger partial charge is 0.119 e. The summed E-state index contributed by atoms with van der Waals surface area (Å²) in [6, 6.07) is 8.50. The second kappa shape index (κ2) is 4.80. The maximum Gasteiger partial charge on any atom is 0.119 e. The van der Waals surface area contributed by atoms with Crippen molar-refractivity contribution in [3.63, 3.8) is 0 Å². The maximum absolute atomic E-state index is 6.11. The normalized spacial score (nSPS) is 23.3. The molecular weight excluding hydrogens is 238 g/mol. The van der Waals surface area contributed by atoms with Crippen molar-refractivity contribution in [3.05, 3.63) is 29.8 Å². The van der Waals surface area contributed by atoms with Crippen molar-refractivity contribution < 1.29 is 9.47 Å². The lowest BCUT2D eigenvalue weighted by atomic mass is 9.50. The van der Waals surface area contributed by atoms with Crippen LogP contribution in [0.15, 0.2) is 24.3 Å². The first-order valence-electron chi connectivity index (χ1n) is 7.27. The Morgan fingerprint density at radius 1 is 1.32 bits per heavy atom. The Kier molecular flexibility index (Phi) is 3.27. The Bertz CT molecular complexity index is 444. The number of hydrogen-bond donors (Lipinski definition) is 1. The first kappa shape index (κ1) is 12.9. The van der Waals surface area contributed by atoms with Gasteiger partial charge in [-0.25, -0.2) is 0 Å². The van der Waals surface area contributed by atoms with Crippen molar-refractivity contribution in [2.45, 2.75) is 31.6 Å². The van der Waals surface area contributed by atoms with Crippen LogP contribution in [-0.4, -0.2) is 26.4 Å². The lowest BCUT2D eigenvalue weighted by Gasteiger charge is -2.60. The maximum atomic E-state index is 6.11. The highest BCUT2D eigenvalue weighted by atomic mass is 16.5. The molecule has 2 aliphatic rings. The zero-order valence-electron chi connectivity index (χ0n) is 11.7. The fourth-order valence-corrected chi connectivity index (χ4v) is 3.62. The number of hydrogen-bond acceptors (Lipinski definition) is 3. The van der Waals surface area contributed by atoms with Gasteiger partial charge in [0.1, 0.15) is 5.75 Å². The standard InChI is InChI=1S/C16H23NO2/c1-2-19-14-6-3-5-13(9-14)16(11-18-12-16)15(10-17)7-4-8-15/h3,5-6,9H,2,4,7-8,10-12,17H2,1H3. The van der Waals surface area contributed by atoms with E-state index in [-0.39, 0.29) is 10.8 Å². The Hall–Kier alpha value is -1.06. The molecule has 0 bridgehead atoms. The van der Waals surface area contributed by atoms with Gasteiger partial charge in [-0.05, 0) is 49.4 Å². The van der Waals surface area contributed by atoms with Crippen LogP contribution >= 0.6 is 0 Å². The number of benzene rings is 1. The van der Waals surface area contributed by atoms with Gasteiger partial charge in [0.25, 0.3) is 0 Å². The minimum atomic E-state index is 0.118. The fraction of sp³-hybridized carbons (Fsp3) is 0.625. The van der Waals surface area contributed by atoms with Crippen molar-refractivity contribution in [3.8, 4) is 5.75 Å². The number of rotatable bonds is 5. The predicted molar refractivity (Wildman–Crippen MR) is 75.4 cm³/mol. The molecule has 1 aliphatic heterocycles. The SMILES string of the molecule is CCOc1cccc(C2(C3(CN)CCC3)COC2)c1. The third-order valence-corrected chi connectivity index (χ3v) is 5.11. The highest BCUT2D eigenvalue weighted by Gasteiger charge is 2.58. The van der Waals surface area contributed by atoms with Crippen molar-refractivity contribution >= 4 is 0 Å². The van der Waals surface area contributed by atoms with Gasteiger partial charge in [0.05, 0.1) is 19.8 Å². The van der Waals surface area contributed by atoms with Crippen LogP contribution in [0.5, 0.6) is 5.75 Å². The molecular formula is C16H23NO2. The molecule has 0 atom stereocenters. The lowest BCUT2D eigenvalue weighted by molar-refractivity contribution is -0.154. The Morgan fingerprint density at radius 2 is 2.11 bits per heavy atom. The van der Waals surface area contributed by atoms with Crippen LogP contribution < -0.4 is 10.5 Å². The van der Waals surface area contributed by atoms with E-state index in [4.69, 9.17) is 15.2 Å². The zero-order chi connectivity index (χ0) is 13.3. The van der Waals surface area contributed by atoms with E-state index in [2.05, 4.69) is 18.2 Å². The van der Waals surface area contributed by atoms with Crippen LogP contribution in [-0.2, 0) is 10.2 Å². The molecule has 1 aromatic rings. The molecule has 0 amide bonds. The van der Waals surface area contributed by atoms with Crippen molar-refractivity contribution in [2.24, 2.45) is 11.1 Å². The summed E-state index contributed by atoms with van der Waals surface area (Å²) in [7, 11) is 0. The molecule has 3 heteroatoms. The van der Waals surface area contributed by atoms with Crippen LogP contribution in [0.2, 0.25) is 0 Å². The third kappa shape index (κ3) is 1.79. The van der Waals surface area contributed by atoms with Crippen LogP contribution in [0.4, 0.5) is 0 Å². The molecule has 2 N–H and O–H groups in total. The monoisotopic (exact) mass is 261 g/mol. The highest BCUT2D eigenvalue weighted by molar-refractivity contribution is 5.38. The number of nitrogens with two attached hydrogens (primary N) is 1. The van der Waals surface area contributed by atoms with E-state index < -0.39 is 0 Å². The van der Waals surface area contributed by atoms with Crippen molar-refractivity contribution in [1.29, 1.82) is 0 Å². The van der Waals surface area contributed by atoms with E-state index in [0.717, 1.165) is 25.5 Å². The van der Waals surface area contributed by atoms with Gasteiger partial charge >= 0.3 is 0 Å². The van der Waals surface area contributed by atoms with Gasteiger partial charge in [-0.3, -0.25) is 0 Å². The molecule has 3 rings (SSSR count). The molecule has 2 fully saturated rings. The molecule has 104 valence electrons. The van der Waals surface area contributed by atoms with E-state index in [1.807, 2.05) is 13.0 Å². The van der Waals surface area contributed by atoms with Gasteiger partial charge in [-0.1, -0.05) is 18.6 Å². The van der Waals surface area contributed by atoms with E-state index in [1.54, 1.807) is 0 Å². The average molecular weight is 261 g/mol. The first-order valence-corrected chi connectivity index (χ1v) is 7.27. The Morgan fingerprint density at radius 3 is 2.58 bits per heavy atom. The highest BCUT2D eigenvalue weighted by Crippen LogP contribution is 2.58. The second-order valence-corrected chi connectivity index (χ2v) is 5.87. The summed E-state index contributed by atoms with van der Waals surface area (Å²) in [5, 5.41) is 0. The quantitative estimate of drug-likeness (QED) is 0.885.